The van der Waals surface area contributed by atoms with Crippen LogP contribution in [0.2, 0.25) is 0 Å². The topological polar surface area (TPSA) is 122 Å². The largest absolute Gasteiger partial charge is 0.480 e. The van der Waals surface area contributed by atoms with Gasteiger partial charge in [0.15, 0.2) is 5.82 Å². The fourth-order valence-electron chi connectivity index (χ4n) is 3.65. The molecule has 0 amide bonds. The first-order chi connectivity index (χ1) is 16.9. The molecule has 0 saturated heterocycles. The van der Waals surface area contributed by atoms with Gasteiger partial charge in [0.05, 0.1) is 23.3 Å². The van der Waals surface area contributed by atoms with Crippen LogP contribution in [-0.2, 0) is 15.6 Å². The predicted molar refractivity (Wildman–Crippen MR) is 130 cm³/mol. The molecule has 0 unspecified atom stereocenters. The molecule has 9 nitrogen and oxygen atoms in total. The first-order valence-corrected chi connectivity index (χ1v) is 12.7. The average Bonchev–Trinajstić information content (AvgIpc) is 3.49. The fraction of sp³-hybridized carbons (Fsp3) is 0.208. The molecule has 0 atom stereocenters. The molecule has 180 valence electrons. The Morgan fingerprint density at radius 1 is 1.09 bits per heavy atom. The Balaban J connectivity index is 1.47. The molecule has 0 spiro atoms. The van der Waals surface area contributed by atoms with Gasteiger partial charge < -0.3 is 10.1 Å². The van der Waals surface area contributed by atoms with Gasteiger partial charge in [0.2, 0.25) is 10.0 Å². The lowest BCUT2D eigenvalue weighted by atomic mass is 10.1. The van der Waals surface area contributed by atoms with E-state index in [0.29, 0.717) is 28.8 Å². The van der Waals surface area contributed by atoms with E-state index in [2.05, 4.69) is 30.2 Å². The van der Waals surface area contributed by atoms with Crippen LogP contribution >= 0.6 is 0 Å². The Kier molecular flexibility index (Phi) is 5.85. The molecule has 1 saturated carbocycles. The third-order valence-electron chi connectivity index (χ3n) is 5.72. The minimum absolute atomic E-state index is 0.0742. The van der Waals surface area contributed by atoms with E-state index in [9.17, 15) is 12.8 Å². The van der Waals surface area contributed by atoms with E-state index in [0.717, 1.165) is 24.0 Å². The number of hydrogen-bond acceptors (Lipinski definition) is 7. The van der Waals surface area contributed by atoms with E-state index >= 15 is 0 Å². The summed E-state index contributed by atoms with van der Waals surface area (Å²) in [5.74, 6) is 1.07. The van der Waals surface area contributed by atoms with Crippen LogP contribution in [0.5, 0.6) is 5.75 Å². The minimum Gasteiger partial charge on any atom is -0.480 e. The number of halogens is 1. The highest BCUT2D eigenvalue weighted by Crippen LogP contribution is 2.51. The van der Waals surface area contributed by atoms with Crippen molar-refractivity contribution in [3.63, 3.8) is 0 Å². The summed E-state index contributed by atoms with van der Waals surface area (Å²) in [6, 6.07) is 13.2. The zero-order chi connectivity index (χ0) is 24.5. The van der Waals surface area contributed by atoms with Crippen LogP contribution in [0.25, 0.3) is 11.3 Å². The Bertz CT molecular complexity index is 1440. The summed E-state index contributed by atoms with van der Waals surface area (Å²) in [4.78, 5) is 8.19. The van der Waals surface area contributed by atoms with E-state index < -0.39 is 15.6 Å². The van der Waals surface area contributed by atoms with Gasteiger partial charge in [0.25, 0.3) is 0 Å². The summed E-state index contributed by atoms with van der Waals surface area (Å²) < 4.78 is 47.1. The first kappa shape index (κ1) is 22.8. The van der Waals surface area contributed by atoms with Crippen LogP contribution < -0.4 is 14.8 Å². The molecule has 5 rings (SSSR count). The second-order valence-electron chi connectivity index (χ2n) is 8.20. The van der Waals surface area contributed by atoms with Crippen molar-refractivity contribution in [1.82, 2.24) is 20.2 Å². The van der Waals surface area contributed by atoms with Crippen LogP contribution in [0.4, 0.5) is 21.7 Å². The quantitative estimate of drug-likeness (QED) is 0.311. The molecule has 4 aromatic rings. The van der Waals surface area contributed by atoms with Crippen molar-refractivity contribution in [3.05, 3.63) is 78.5 Å². The van der Waals surface area contributed by atoms with Crippen molar-refractivity contribution in [2.24, 2.45) is 0 Å². The van der Waals surface area contributed by atoms with E-state index in [1.54, 1.807) is 61.9 Å². The van der Waals surface area contributed by atoms with Crippen molar-refractivity contribution >= 4 is 27.3 Å². The monoisotopic (exact) mass is 494 g/mol. The number of nitrogens with zero attached hydrogens (tertiary/aromatic N) is 3. The highest BCUT2D eigenvalue weighted by atomic mass is 32.2. The van der Waals surface area contributed by atoms with Gasteiger partial charge in [-0.1, -0.05) is 18.2 Å². The molecular formula is C24H23FN6O3S. The second kappa shape index (κ2) is 8.99. The van der Waals surface area contributed by atoms with Gasteiger partial charge in [-0.3, -0.25) is 14.8 Å². The molecule has 3 N–H and O–H groups in total. The molecule has 0 bridgehead atoms. The van der Waals surface area contributed by atoms with Crippen LogP contribution in [0, 0.1) is 5.82 Å². The molecule has 1 aliphatic rings. The number of aromatic nitrogens is 4. The summed E-state index contributed by atoms with van der Waals surface area (Å²) in [5.41, 5.74) is 1.98. The molecule has 35 heavy (non-hydrogen) atoms. The number of hydrogen-bond donors (Lipinski definition) is 3. The number of rotatable bonds is 9. The lowest BCUT2D eigenvalue weighted by Gasteiger charge is -2.22. The highest BCUT2D eigenvalue weighted by molar-refractivity contribution is 7.92. The van der Waals surface area contributed by atoms with Crippen molar-refractivity contribution in [1.29, 1.82) is 0 Å². The molecule has 1 fully saturated rings. The number of anilines is 3. The number of ether oxygens (including phenoxy) is 1. The first-order valence-electron chi connectivity index (χ1n) is 11.0. The maximum atomic E-state index is 13.5. The van der Waals surface area contributed by atoms with Crippen LogP contribution in [-0.4, -0.2) is 34.3 Å². The summed E-state index contributed by atoms with van der Waals surface area (Å²) in [7, 11) is -3.53. The Hall–Kier alpha value is -3.99. The Labute approximate surface area is 201 Å². The number of H-pyrrole nitrogens is 1. The summed E-state index contributed by atoms with van der Waals surface area (Å²) in [5, 5.41) is 10.3. The SMILES string of the molecule is CCS(=O)(=O)Nc1ccc(-c2cc(Nc3cnccn3)n[nH]2)cc1OC1(c2ccc(F)cc2)CC1. The van der Waals surface area contributed by atoms with E-state index in [1.807, 2.05) is 0 Å². The van der Waals surface area contributed by atoms with Crippen molar-refractivity contribution in [2.75, 3.05) is 15.8 Å². The standard InChI is InChI=1S/C24H23FN6O3S/c1-2-35(32,33)31-19-8-3-16(20-14-22(30-29-20)28-23-15-26-11-12-27-23)13-21(19)34-24(9-10-24)17-4-6-18(25)7-5-17/h3-8,11-15,31H,2,9-10H2,1H3,(H2,27,28,29,30). The molecule has 0 radical (unpaired) electrons. The number of aromatic amines is 1. The highest BCUT2D eigenvalue weighted by Gasteiger charge is 2.47. The van der Waals surface area contributed by atoms with Crippen molar-refractivity contribution in [3.8, 4) is 17.0 Å². The molecule has 1 aliphatic carbocycles. The number of nitrogens with one attached hydrogen (secondary N) is 3. The normalized spacial score (nSPS) is 14.3. The zero-order valence-electron chi connectivity index (χ0n) is 18.8. The van der Waals surface area contributed by atoms with Gasteiger partial charge in [-0.25, -0.2) is 17.8 Å². The van der Waals surface area contributed by atoms with Gasteiger partial charge in [-0.2, -0.15) is 5.10 Å². The molecular weight excluding hydrogens is 471 g/mol. The Morgan fingerprint density at radius 2 is 1.89 bits per heavy atom. The van der Waals surface area contributed by atoms with Gasteiger partial charge in [0.1, 0.15) is 23.0 Å². The summed E-state index contributed by atoms with van der Waals surface area (Å²) >= 11 is 0. The average molecular weight is 495 g/mol. The van der Waals surface area contributed by atoms with Crippen molar-refractivity contribution < 1.29 is 17.5 Å². The van der Waals surface area contributed by atoms with Crippen LogP contribution in [0.1, 0.15) is 25.3 Å². The van der Waals surface area contributed by atoms with Crippen LogP contribution in [0.15, 0.2) is 67.1 Å². The molecule has 2 aromatic heterocycles. The van der Waals surface area contributed by atoms with Crippen LogP contribution in [0.3, 0.4) is 0 Å². The van der Waals surface area contributed by atoms with Crippen molar-refractivity contribution in [2.45, 2.75) is 25.4 Å². The number of benzene rings is 2. The van der Waals surface area contributed by atoms with E-state index in [4.69, 9.17) is 4.74 Å². The zero-order valence-corrected chi connectivity index (χ0v) is 19.6. The maximum Gasteiger partial charge on any atom is 0.232 e. The Morgan fingerprint density at radius 3 is 2.57 bits per heavy atom. The summed E-state index contributed by atoms with van der Waals surface area (Å²) in [6.07, 6.45) is 6.21. The lowest BCUT2D eigenvalue weighted by molar-refractivity contribution is 0.182. The predicted octanol–water partition coefficient (Wildman–Crippen LogP) is 4.58. The summed E-state index contributed by atoms with van der Waals surface area (Å²) in [6.45, 7) is 1.56. The minimum atomic E-state index is -3.53. The molecule has 2 heterocycles. The van der Waals surface area contributed by atoms with Gasteiger partial charge in [-0.05, 0) is 49.6 Å². The number of sulfonamides is 1. The van der Waals surface area contributed by atoms with Gasteiger partial charge in [-0.15, -0.1) is 0 Å². The third-order valence-corrected chi connectivity index (χ3v) is 7.01. The maximum absolute atomic E-state index is 13.5. The third kappa shape index (κ3) is 5.09. The molecule has 11 heteroatoms. The van der Waals surface area contributed by atoms with Gasteiger partial charge >= 0.3 is 0 Å². The fourth-order valence-corrected chi connectivity index (χ4v) is 4.30. The van der Waals surface area contributed by atoms with E-state index in [1.165, 1.54) is 12.1 Å². The second-order valence-corrected chi connectivity index (χ2v) is 10.2. The van der Waals surface area contributed by atoms with Gasteiger partial charge in [0, 0.05) is 24.0 Å². The smallest absolute Gasteiger partial charge is 0.232 e. The lowest BCUT2D eigenvalue weighted by Crippen LogP contribution is -2.19. The molecule has 2 aromatic carbocycles. The van der Waals surface area contributed by atoms with E-state index in [-0.39, 0.29) is 11.6 Å². The molecule has 0 aliphatic heterocycles.